The number of nitro groups is 1. The summed E-state index contributed by atoms with van der Waals surface area (Å²) in [5.41, 5.74) is -1.23. The zero-order valence-corrected chi connectivity index (χ0v) is 11.2. The smallest absolute Gasteiger partial charge is 0.329 e. The molecule has 0 unspecified atom stereocenters. The van der Waals surface area contributed by atoms with Crippen molar-refractivity contribution in [3.8, 4) is 0 Å². The second kappa shape index (κ2) is 5.45. The summed E-state index contributed by atoms with van der Waals surface area (Å²) in [5.74, 6) is 0.115. The predicted octanol–water partition coefficient (Wildman–Crippen LogP) is 1.64. The molecular formula is C10H15ClN4O3. The highest BCUT2D eigenvalue weighted by Crippen LogP contribution is 2.27. The van der Waals surface area contributed by atoms with Gasteiger partial charge in [-0.25, -0.2) is 4.98 Å². The molecule has 100 valence electrons. The maximum absolute atomic E-state index is 10.9. The summed E-state index contributed by atoms with van der Waals surface area (Å²) < 4.78 is 0. The van der Waals surface area contributed by atoms with Gasteiger partial charge < -0.3 is 10.0 Å². The van der Waals surface area contributed by atoms with Crippen molar-refractivity contribution in [2.45, 2.75) is 26.4 Å². The van der Waals surface area contributed by atoms with Gasteiger partial charge in [-0.15, -0.1) is 0 Å². The number of hydrogen-bond donors (Lipinski definition) is 1. The van der Waals surface area contributed by atoms with Crippen LogP contribution in [0.25, 0.3) is 0 Å². The van der Waals surface area contributed by atoms with E-state index in [0.717, 1.165) is 6.20 Å². The summed E-state index contributed by atoms with van der Waals surface area (Å²) in [6, 6.07) is 0. The van der Waals surface area contributed by atoms with Gasteiger partial charge in [0, 0.05) is 13.1 Å². The molecule has 0 amide bonds. The summed E-state index contributed by atoms with van der Waals surface area (Å²) in [6.45, 7) is 5.70. The van der Waals surface area contributed by atoms with Gasteiger partial charge in [0.2, 0.25) is 11.1 Å². The van der Waals surface area contributed by atoms with Gasteiger partial charge in [0.05, 0.1) is 10.5 Å². The van der Waals surface area contributed by atoms with E-state index in [1.165, 1.54) is 0 Å². The lowest BCUT2D eigenvalue weighted by Crippen LogP contribution is -2.39. The molecule has 0 aliphatic rings. The fraction of sp³-hybridized carbons (Fsp3) is 0.600. The van der Waals surface area contributed by atoms with Crippen LogP contribution in [0.2, 0.25) is 5.28 Å². The first-order chi connectivity index (χ1) is 8.24. The van der Waals surface area contributed by atoms with Crippen LogP contribution in [-0.2, 0) is 0 Å². The summed E-state index contributed by atoms with van der Waals surface area (Å²) in [6.07, 6.45) is 1.07. The third-order valence-electron chi connectivity index (χ3n) is 2.18. The summed E-state index contributed by atoms with van der Waals surface area (Å²) >= 11 is 5.66. The Kier molecular flexibility index (Phi) is 4.42. The average Bonchev–Trinajstić information content (AvgIpc) is 2.24. The van der Waals surface area contributed by atoms with Crippen molar-refractivity contribution in [2.24, 2.45) is 0 Å². The van der Waals surface area contributed by atoms with Crippen molar-refractivity contribution in [1.82, 2.24) is 9.97 Å². The number of likely N-dealkylation sites (N-methyl/N-ethyl adjacent to an activating group) is 1. The van der Waals surface area contributed by atoms with E-state index in [2.05, 4.69) is 9.97 Å². The zero-order valence-electron chi connectivity index (χ0n) is 10.4. The van der Waals surface area contributed by atoms with E-state index in [-0.39, 0.29) is 23.3 Å². The SMILES string of the molecule is CCN(CC(C)(C)O)c1nc(Cl)ncc1[N+](=O)[O-]. The van der Waals surface area contributed by atoms with E-state index in [0.29, 0.717) is 6.54 Å². The molecule has 1 heterocycles. The molecule has 0 radical (unpaired) electrons. The molecule has 7 nitrogen and oxygen atoms in total. The van der Waals surface area contributed by atoms with Gasteiger partial charge in [0.25, 0.3) is 0 Å². The monoisotopic (exact) mass is 274 g/mol. The maximum Gasteiger partial charge on any atom is 0.329 e. The van der Waals surface area contributed by atoms with Crippen molar-refractivity contribution >= 4 is 23.1 Å². The van der Waals surface area contributed by atoms with Gasteiger partial charge in [0.1, 0.15) is 6.20 Å². The van der Waals surface area contributed by atoms with Gasteiger partial charge in [-0.3, -0.25) is 10.1 Å². The van der Waals surface area contributed by atoms with Gasteiger partial charge in [-0.2, -0.15) is 4.98 Å². The van der Waals surface area contributed by atoms with E-state index >= 15 is 0 Å². The Bertz CT molecular complexity index is 447. The van der Waals surface area contributed by atoms with Crippen LogP contribution in [0.4, 0.5) is 11.5 Å². The Morgan fingerprint density at radius 3 is 2.67 bits per heavy atom. The Balaban J connectivity index is 3.19. The number of nitrogens with zero attached hydrogens (tertiary/aromatic N) is 4. The van der Waals surface area contributed by atoms with E-state index in [4.69, 9.17) is 11.6 Å². The van der Waals surface area contributed by atoms with Crippen molar-refractivity contribution in [3.05, 3.63) is 21.6 Å². The van der Waals surface area contributed by atoms with Crippen LogP contribution >= 0.6 is 11.6 Å². The molecule has 0 aliphatic heterocycles. The minimum atomic E-state index is -0.999. The first-order valence-corrected chi connectivity index (χ1v) is 5.76. The third kappa shape index (κ3) is 3.78. The van der Waals surface area contributed by atoms with Crippen molar-refractivity contribution < 1.29 is 10.0 Å². The quantitative estimate of drug-likeness (QED) is 0.498. The molecule has 1 aromatic rings. The summed E-state index contributed by atoms with van der Waals surface area (Å²) in [4.78, 5) is 19.4. The lowest BCUT2D eigenvalue weighted by atomic mass is 10.1. The number of aromatic nitrogens is 2. The second-order valence-corrected chi connectivity index (χ2v) is 4.77. The molecule has 0 saturated heterocycles. The zero-order chi connectivity index (χ0) is 13.9. The molecule has 0 saturated carbocycles. The number of hydrogen-bond acceptors (Lipinski definition) is 6. The molecule has 1 N–H and O–H groups in total. The highest BCUT2D eigenvalue weighted by Gasteiger charge is 2.25. The Morgan fingerprint density at radius 1 is 1.61 bits per heavy atom. The van der Waals surface area contributed by atoms with E-state index in [1.54, 1.807) is 18.7 Å². The molecule has 0 spiro atoms. The molecule has 0 fully saturated rings. The van der Waals surface area contributed by atoms with Gasteiger partial charge in [-0.05, 0) is 32.4 Å². The molecule has 0 atom stereocenters. The highest BCUT2D eigenvalue weighted by atomic mass is 35.5. The van der Waals surface area contributed by atoms with Crippen LogP contribution in [-0.4, -0.2) is 38.7 Å². The lowest BCUT2D eigenvalue weighted by molar-refractivity contribution is -0.384. The molecular weight excluding hydrogens is 260 g/mol. The molecule has 18 heavy (non-hydrogen) atoms. The number of rotatable bonds is 5. The number of aliphatic hydroxyl groups is 1. The molecule has 1 aromatic heterocycles. The van der Waals surface area contributed by atoms with Gasteiger partial charge >= 0.3 is 5.69 Å². The lowest BCUT2D eigenvalue weighted by Gasteiger charge is -2.28. The van der Waals surface area contributed by atoms with Gasteiger partial charge in [-0.1, -0.05) is 0 Å². The van der Waals surface area contributed by atoms with Crippen LogP contribution in [0.1, 0.15) is 20.8 Å². The minimum Gasteiger partial charge on any atom is -0.389 e. The fourth-order valence-corrected chi connectivity index (χ4v) is 1.64. The van der Waals surface area contributed by atoms with Gasteiger partial charge in [0.15, 0.2) is 0 Å². The third-order valence-corrected chi connectivity index (χ3v) is 2.36. The van der Waals surface area contributed by atoms with E-state index < -0.39 is 10.5 Å². The Morgan fingerprint density at radius 2 is 2.22 bits per heavy atom. The second-order valence-electron chi connectivity index (χ2n) is 4.43. The van der Waals surface area contributed by atoms with Crippen molar-refractivity contribution in [3.63, 3.8) is 0 Å². The average molecular weight is 275 g/mol. The molecule has 8 heteroatoms. The normalized spacial score (nSPS) is 11.4. The molecule has 0 aromatic carbocycles. The minimum absolute atomic E-state index is 0.0650. The molecule has 0 bridgehead atoms. The Hall–Kier alpha value is -1.47. The molecule has 1 rings (SSSR count). The first-order valence-electron chi connectivity index (χ1n) is 5.39. The van der Waals surface area contributed by atoms with Crippen LogP contribution in [0.5, 0.6) is 0 Å². The van der Waals surface area contributed by atoms with E-state index in [9.17, 15) is 15.2 Å². The highest BCUT2D eigenvalue weighted by molar-refractivity contribution is 6.28. The number of halogens is 1. The van der Waals surface area contributed by atoms with E-state index in [1.807, 2.05) is 6.92 Å². The van der Waals surface area contributed by atoms with Crippen LogP contribution in [0.3, 0.4) is 0 Å². The number of anilines is 1. The summed E-state index contributed by atoms with van der Waals surface area (Å²) in [7, 11) is 0. The van der Waals surface area contributed by atoms with Crippen LogP contribution in [0, 0.1) is 10.1 Å². The standard InChI is InChI=1S/C10H15ClN4O3/c1-4-14(6-10(2,3)16)8-7(15(17)18)5-12-9(11)13-8/h5,16H,4,6H2,1-3H3. The largest absolute Gasteiger partial charge is 0.389 e. The first kappa shape index (κ1) is 14.6. The Labute approximate surface area is 110 Å². The summed E-state index contributed by atoms with van der Waals surface area (Å²) in [5, 5.41) is 20.6. The van der Waals surface area contributed by atoms with Crippen LogP contribution in [0.15, 0.2) is 6.20 Å². The van der Waals surface area contributed by atoms with Crippen LogP contribution < -0.4 is 4.90 Å². The maximum atomic E-state index is 10.9. The van der Waals surface area contributed by atoms with Crippen molar-refractivity contribution in [1.29, 1.82) is 0 Å². The molecule has 0 aliphatic carbocycles. The fourth-order valence-electron chi connectivity index (χ4n) is 1.51. The predicted molar refractivity (Wildman–Crippen MR) is 67.9 cm³/mol. The topological polar surface area (TPSA) is 92.4 Å². The van der Waals surface area contributed by atoms with Crippen molar-refractivity contribution in [2.75, 3.05) is 18.0 Å².